The van der Waals surface area contributed by atoms with Gasteiger partial charge < -0.3 is 9.47 Å². The highest BCUT2D eigenvalue weighted by atomic mass is 79.9. The molecule has 144 valence electrons. The van der Waals surface area contributed by atoms with Gasteiger partial charge in [-0.25, -0.2) is 5.01 Å². The molecule has 2 heterocycles. The van der Waals surface area contributed by atoms with E-state index in [9.17, 15) is 4.79 Å². The first kappa shape index (κ1) is 19.0. The Bertz CT molecular complexity index is 992. The van der Waals surface area contributed by atoms with Gasteiger partial charge in [0.2, 0.25) is 0 Å². The first-order valence-electron chi connectivity index (χ1n) is 8.68. The molecule has 0 saturated heterocycles. The summed E-state index contributed by atoms with van der Waals surface area (Å²) in [6.07, 6.45) is 0.698. The summed E-state index contributed by atoms with van der Waals surface area (Å²) >= 11 is 4.72. The van der Waals surface area contributed by atoms with E-state index in [0.29, 0.717) is 29.5 Å². The van der Waals surface area contributed by atoms with Gasteiger partial charge in [-0.1, -0.05) is 45.9 Å². The Morgan fingerprint density at radius 3 is 2.64 bits per heavy atom. The zero-order valence-corrected chi connectivity index (χ0v) is 17.8. The molecule has 0 fully saturated rings. The average molecular weight is 460 g/mol. The molecule has 0 bridgehead atoms. The van der Waals surface area contributed by atoms with Crippen LogP contribution in [0.4, 0.5) is 4.79 Å². The summed E-state index contributed by atoms with van der Waals surface area (Å²) in [5.74, 6) is 2.54. The first-order valence-corrected chi connectivity index (χ1v) is 10.5. The number of amidine groups is 1. The number of carbonyl (C=O) groups is 1. The van der Waals surface area contributed by atoms with Crippen molar-refractivity contribution >= 4 is 44.5 Å². The Labute approximate surface area is 175 Å². The molecule has 2 aromatic carbocycles. The van der Waals surface area contributed by atoms with E-state index >= 15 is 0 Å². The van der Waals surface area contributed by atoms with Gasteiger partial charge in [-0.2, -0.15) is 10.1 Å². The zero-order chi connectivity index (χ0) is 19.7. The Hall–Kier alpha value is -2.32. The predicted octanol–water partition coefficient (Wildman–Crippen LogP) is 4.88. The van der Waals surface area contributed by atoms with E-state index in [0.717, 1.165) is 21.3 Å². The second kappa shape index (κ2) is 7.97. The Morgan fingerprint density at radius 1 is 1.14 bits per heavy atom. The molecule has 4 rings (SSSR count). The maximum atomic E-state index is 11.7. The van der Waals surface area contributed by atoms with Gasteiger partial charge in [0.1, 0.15) is 5.84 Å². The minimum Gasteiger partial charge on any atom is -0.493 e. The van der Waals surface area contributed by atoms with Gasteiger partial charge in [0, 0.05) is 10.9 Å². The number of thioether (sulfide) groups is 1. The summed E-state index contributed by atoms with van der Waals surface area (Å²) in [6, 6.07) is 13.8. The van der Waals surface area contributed by atoms with Crippen LogP contribution in [0.2, 0.25) is 0 Å². The highest BCUT2D eigenvalue weighted by molar-refractivity contribution is 9.10. The molecule has 2 aliphatic heterocycles. The van der Waals surface area contributed by atoms with Crippen LogP contribution in [0.3, 0.4) is 0 Å². The van der Waals surface area contributed by atoms with Gasteiger partial charge in [-0.3, -0.25) is 4.79 Å². The number of benzene rings is 2. The van der Waals surface area contributed by atoms with Gasteiger partial charge in [0.15, 0.2) is 11.5 Å². The zero-order valence-electron chi connectivity index (χ0n) is 15.4. The number of methoxy groups -OCH3 is 2. The number of nitrogens with zero attached hydrogens (tertiary/aromatic N) is 3. The largest absolute Gasteiger partial charge is 0.493 e. The van der Waals surface area contributed by atoms with Crippen molar-refractivity contribution < 1.29 is 14.3 Å². The van der Waals surface area contributed by atoms with Crippen molar-refractivity contribution in [1.82, 2.24) is 5.01 Å². The third kappa shape index (κ3) is 3.66. The predicted molar refractivity (Wildman–Crippen MR) is 115 cm³/mol. The van der Waals surface area contributed by atoms with Gasteiger partial charge in [-0.15, -0.1) is 0 Å². The highest BCUT2D eigenvalue weighted by Gasteiger charge is 2.34. The molecule has 0 aliphatic carbocycles. The maximum Gasteiger partial charge on any atom is 0.307 e. The fourth-order valence-corrected chi connectivity index (χ4v) is 4.34. The molecule has 1 atom stereocenters. The van der Waals surface area contributed by atoms with Crippen LogP contribution < -0.4 is 9.47 Å². The summed E-state index contributed by atoms with van der Waals surface area (Å²) in [5, 5.41) is 6.53. The molecule has 0 spiro atoms. The van der Waals surface area contributed by atoms with Gasteiger partial charge in [0.05, 0.1) is 31.7 Å². The molecular formula is C20H18BrN3O3S. The smallest absolute Gasteiger partial charge is 0.307 e. The van der Waals surface area contributed by atoms with Crippen molar-refractivity contribution in [3.8, 4) is 11.5 Å². The van der Waals surface area contributed by atoms with Crippen molar-refractivity contribution in [2.24, 2.45) is 10.1 Å². The second-order valence-corrected chi connectivity index (χ2v) is 8.16. The lowest BCUT2D eigenvalue weighted by molar-refractivity contribution is 0.267. The van der Waals surface area contributed by atoms with Crippen LogP contribution in [0.5, 0.6) is 11.5 Å². The molecule has 0 aromatic heterocycles. The van der Waals surface area contributed by atoms with Crippen molar-refractivity contribution in [2.75, 3.05) is 20.0 Å². The molecular weight excluding hydrogens is 442 g/mol. The summed E-state index contributed by atoms with van der Waals surface area (Å²) in [4.78, 5) is 15.9. The maximum absolute atomic E-state index is 11.7. The summed E-state index contributed by atoms with van der Waals surface area (Å²) in [7, 11) is 3.23. The van der Waals surface area contributed by atoms with Crippen LogP contribution >= 0.6 is 27.7 Å². The molecule has 0 saturated carbocycles. The summed E-state index contributed by atoms with van der Waals surface area (Å²) in [6.45, 7) is 0. The van der Waals surface area contributed by atoms with Crippen LogP contribution in [0.15, 0.2) is 57.0 Å². The number of ether oxygens (including phenoxy) is 2. The van der Waals surface area contributed by atoms with Crippen LogP contribution in [0.1, 0.15) is 23.6 Å². The number of carbonyl (C=O) groups excluding carboxylic acids is 1. The first-order chi connectivity index (χ1) is 13.6. The molecule has 0 N–H and O–H groups in total. The minimum atomic E-state index is -0.174. The topological polar surface area (TPSA) is 63.5 Å². The van der Waals surface area contributed by atoms with E-state index in [-0.39, 0.29) is 11.3 Å². The Morgan fingerprint density at radius 2 is 1.96 bits per heavy atom. The van der Waals surface area contributed by atoms with Crippen molar-refractivity contribution in [2.45, 2.75) is 12.5 Å². The van der Waals surface area contributed by atoms with Crippen molar-refractivity contribution in [3.05, 3.63) is 58.1 Å². The lowest BCUT2D eigenvalue weighted by Crippen LogP contribution is -2.27. The molecule has 1 amide bonds. The summed E-state index contributed by atoms with van der Waals surface area (Å²) in [5.41, 5.74) is 3.02. The number of halogens is 1. The molecule has 28 heavy (non-hydrogen) atoms. The fraction of sp³-hybridized carbons (Fsp3) is 0.250. The Kier molecular flexibility index (Phi) is 5.41. The molecule has 2 aromatic rings. The standard InChI is InChI=1S/C20H18BrN3O3S/c1-26-17-7-6-13(9-18(17)27-2)16-10-15(12-4-3-5-14(21)8-12)23-24(16)19-11-28-20(25)22-19/h3-9,16H,10-11H2,1-2H3. The average Bonchev–Trinajstić information content (AvgIpc) is 3.34. The van der Waals surface area contributed by atoms with Gasteiger partial charge in [0.25, 0.3) is 0 Å². The van der Waals surface area contributed by atoms with Crippen LogP contribution in [-0.2, 0) is 0 Å². The van der Waals surface area contributed by atoms with E-state index in [1.165, 1.54) is 11.8 Å². The number of rotatable bonds is 4. The molecule has 8 heteroatoms. The fourth-order valence-electron chi connectivity index (χ4n) is 3.32. The molecule has 1 unspecified atom stereocenters. The number of hydrogen-bond donors (Lipinski definition) is 0. The normalized spacial score (nSPS) is 18.9. The number of aliphatic imine (C=N–C) groups is 1. The number of hydrogen-bond acceptors (Lipinski definition) is 6. The molecule has 6 nitrogen and oxygen atoms in total. The molecule has 0 radical (unpaired) electrons. The van der Waals surface area contributed by atoms with Gasteiger partial charge >= 0.3 is 5.24 Å². The number of amides is 1. The Balaban J connectivity index is 1.73. The third-order valence-corrected chi connectivity index (χ3v) is 5.90. The van der Waals surface area contributed by atoms with Gasteiger partial charge in [-0.05, 0) is 35.4 Å². The molecule has 2 aliphatic rings. The van der Waals surface area contributed by atoms with E-state index < -0.39 is 0 Å². The van der Waals surface area contributed by atoms with Crippen molar-refractivity contribution in [3.63, 3.8) is 0 Å². The quantitative estimate of drug-likeness (QED) is 0.651. The monoisotopic (exact) mass is 459 g/mol. The third-order valence-electron chi connectivity index (χ3n) is 4.67. The SMILES string of the molecule is COc1ccc(C2CC(c3cccc(Br)c3)=NN2C2=NC(=O)SC2)cc1OC. The van der Waals surface area contributed by atoms with Crippen LogP contribution in [0.25, 0.3) is 0 Å². The van der Waals surface area contributed by atoms with Crippen LogP contribution in [0, 0.1) is 0 Å². The highest BCUT2D eigenvalue weighted by Crippen LogP contribution is 2.38. The van der Waals surface area contributed by atoms with E-state index in [1.807, 2.05) is 47.5 Å². The van der Waals surface area contributed by atoms with Crippen LogP contribution in [-0.4, -0.2) is 41.8 Å². The van der Waals surface area contributed by atoms with Crippen molar-refractivity contribution in [1.29, 1.82) is 0 Å². The number of hydrazone groups is 1. The lowest BCUT2D eigenvalue weighted by Gasteiger charge is -2.23. The second-order valence-electron chi connectivity index (χ2n) is 6.32. The van der Waals surface area contributed by atoms with E-state index in [1.54, 1.807) is 14.2 Å². The van der Waals surface area contributed by atoms with E-state index in [4.69, 9.17) is 14.6 Å². The van der Waals surface area contributed by atoms with E-state index in [2.05, 4.69) is 20.9 Å². The minimum absolute atomic E-state index is 0.0703. The summed E-state index contributed by atoms with van der Waals surface area (Å²) < 4.78 is 11.8. The lowest BCUT2D eigenvalue weighted by atomic mass is 9.98.